The van der Waals surface area contributed by atoms with Crippen molar-refractivity contribution in [1.29, 1.82) is 0 Å². The second-order valence-corrected chi connectivity index (χ2v) is 8.23. The lowest BCUT2D eigenvalue weighted by atomic mass is 9.97. The zero-order valence-electron chi connectivity index (χ0n) is 16.4. The van der Waals surface area contributed by atoms with E-state index in [0.29, 0.717) is 17.4 Å². The number of ether oxygens (including phenoxy) is 2. The van der Waals surface area contributed by atoms with Crippen LogP contribution >= 0.6 is 11.6 Å². The van der Waals surface area contributed by atoms with Gasteiger partial charge in [0, 0.05) is 12.6 Å². The number of carbonyl (C=O) groups excluding carboxylic acids is 1. The molecule has 2 aromatic rings. The van der Waals surface area contributed by atoms with Gasteiger partial charge in [0.1, 0.15) is 23.0 Å². The molecule has 4 rings (SSSR count). The number of aromatic nitrogens is 2. The van der Waals surface area contributed by atoms with Crippen LogP contribution in [0.2, 0.25) is 5.02 Å². The van der Waals surface area contributed by atoms with E-state index in [0.717, 1.165) is 37.8 Å². The fraction of sp³-hybridized carbons (Fsp3) is 0.476. The van der Waals surface area contributed by atoms with Gasteiger partial charge in [0.15, 0.2) is 0 Å². The Morgan fingerprint density at radius 1 is 1.23 bits per heavy atom. The van der Waals surface area contributed by atoms with Gasteiger partial charge in [-0.1, -0.05) is 23.7 Å². The third kappa shape index (κ3) is 4.82. The molecule has 1 saturated carbocycles. The molecule has 3 unspecified atom stereocenters. The fourth-order valence-corrected chi connectivity index (χ4v) is 4.69. The summed E-state index contributed by atoms with van der Waals surface area (Å²) in [5, 5.41) is 8.30. The van der Waals surface area contributed by atoms with Crippen molar-refractivity contribution >= 4 is 17.7 Å². The SMILES string of the molecule is NC(=O)O[C@@H]1CCCN(C2CC(c3ccc(F)cc3)CC2Oc2nnccc2Cl)C1. The molecule has 4 atom stereocenters. The number of rotatable bonds is 5. The lowest BCUT2D eigenvalue weighted by Gasteiger charge is -2.38. The molecule has 0 radical (unpaired) electrons. The first-order valence-electron chi connectivity index (χ1n) is 10.1. The minimum absolute atomic E-state index is 0.0670. The first kappa shape index (κ1) is 20.8. The molecule has 1 saturated heterocycles. The van der Waals surface area contributed by atoms with Crippen molar-refractivity contribution in [2.45, 2.75) is 49.9 Å². The van der Waals surface area contributed by atoms with Crippen LogP contribution in [0, 0.1) is 5.82 Å². The molecular formula is C21H24ClFN4O3. The Morgan fingerprint density at radius 3 is 2.77 bits per heavy atom. The van der Waals surface area contributed by atoms with Gasteiger partial charge in [0.25, 0.3) is 5.88 Å². The van der Waals surface area contributed by atoms with E-state index < -0.39 is 6.09 Å². The van der Waals surface area contributed by atoms with E-state index in [1.165, 1.54) is 18.3 Å². The number of amides is 1. The molecule has 30 heavy (non-hydrogen) atoms. The molecule has 7 nitrogen and oxygen atoms in total. The van der Waals surface area contributed by atoms with Gasteiger partial charge in [-0.3, -0.25) is 4.90 Å². The Kier molecular flexibility index (Phi) is 6.34. The maximum Gasteiger partial charge on any atom is 0.404 e. The number of primary amides is 1. The van der Waals surface area contributed by atoms with Crippen molar-refractivity contribution < 1.29 is 18.7 Å². The Labute approximate surface area is 179 Å². The average molecular weight is 435 g/mol. The number of nitrogens with two attached hydrogens (primary N) is 1. The normalized spacial score (nSPS) is 27.0. The summed E-state index contributed by atoms with van der Waals surface area (Å²) in [4.78, 5) is 13.5. The monoisotopic (exact) mass is 434 g/mol. The van der Waals surface area contributed by atoms with E-state index in [1.807, 2.05) is 12.1 Å². The van der Waals surface area contributed by atoms with E-state index in [4.69, 9.17) is 26.8 Å². The van der Waals surface area contributed by atoms with Gasteiger partial charge >= 0.3 is 6.09 Å². The number of likely N-dealkylation sites (tertiary alicyclic amines) is 1. The number of benzene rings is 1. The number of hydrogen-bond acceptors (Lipinski definition) is 6. The molecule has 1 aliphatic carbocycles. The molecule has 160 valence electrons. The number of halogens is 2. The molecular weight excluding hydrogens is 411 g/mol. The van der Waals surface area contributed by atoms with E-state index in [1.54, 1.807) is 6.07 Å². The number of piperidine rings is 1. The summed E-state index contributed by atoms with van der Waals surface area (Å²) in [5.74, 6) is 0.249. The van der Waals surface area contributed by atoms with Gasteiger partial charge in [-0.05, 0) is 61.9 Å². The Bertz CT molecular complexity index is 885. The lowest BCUT2D eigenvalue weighted by Crippen LogP contribution is -2.50. The largest absolute Gasteiger partial charge is 0.471 e. The van der Waals surface area contributed by atoms with Crippen LogP contribution in [-0.4, -0.2) is 52.5 Å². The summed E-state index contributed by atoms with van der Waals surface area (Å²) >= 11 is 6.23. The van der Waals surface area contributed by atoms with E-state index in [-0.39, 0.29) is 30.0 Å². The third-order valence-corrected chi connectivity index (χ3v) is 6.17. The van der Waals surface area contributed by atoms with Crippen LogP contribution in [0.15, 0.2) is 36.5 Å². The number of nitrogens with zero attached hydrogens (tertiary/aromatic N) is 3. The second-order valence-electron chi connectivity index (χ2n) is 7.82. The zero-order valence-corrected chi connectivity index (χ0v) is 17.2. The van der Waals surface area contributed by atoms with Crippen LogP contribution in [0.25, 0.3) is 0 Å². The molecule has 1 aliphatic heterocycles. The quantitative estimate of drug-likeness (QED) is 0.774. The molecule has 0 spiro atoms. The van der Waals surface area contributed by atoms with Gasteiger partial charge in [0.2, 0.25) is 0 Å². The summed E-state index contributed by atoms with van der Waals surface area (Å²) in [6.07, 6.45) is 3.60. The van der Waals surface area contributed by atoms with Crippen LogP contribution in [-0.2, 0) is 4.74 Å². The van der Waals surface area contributed by atoms with Gasteiger partial charge in [0.05, 0.1) is 6.20 Å². The summed E-state index contributed by atoms with van der Waals surface area (Å²) in [7, 11) is 0. The average Bonchev–Trinajstić information content (AvgIpc) is 3.14. The van der Waals surface area contributed by atoms with E-state index >= 15 is 0 Å². The highest BCUT2D eigenvalue weighted by Crippen LogP contribution is 2.40. The van der Waals surface area contributed by atoms with Crippen LogP contribution in [0.4, 0.5) is 9.18 Å². The van der Waals surface area contributed by atoms with Crippen LogP contribution in [0.3, 0.4) is 0 Å². The topological polar surface area (TPSA) is 90.6 Å². The molecule has 2 heterocycles. The Balaban J connectivity index is 1.55. The summed E-state index contributed by atoms with van der Waals surface area (Å²) in [6, 6.07) is 8.32. The van der Waals surface area contributed by atoms with Crippen LogP contribution < -0.4 is 10.5 Å². The molecule has 1 aromatic heterocycles. The number of carbonyl (C=O) groups is 1. The summed E-state index contributed by atoms with van der Waals surface area (Å²) < 4.78 is 24.8. The molecule has 1 aromatic carbocycles. The van der Waals surface area contributed by atoms with Crippen molar-refractivity contribution in [2.24, 2.45) is 5.73 Å². The minimum Gasteiger partial charge on any atom is -0.471 e. The van der Waals surface area contributed by atoms with Crippen LogP contribution in [0.5, 0.6) is 5.88 Å². The Morgan fingerprint density at radius 2 is 2.03 bits per heavy atom. The van der Waals surface area contributed by atoms with Gasteiger partial charge in [-0.25, -0.2) is 9.18 Å². The predicted molar refractivity (Wildman–Crippen MR) is 109 cm³/mol. The highest BCUT2D eigenvalue weighted by molar-refractivity contribution is 6.31. The van der Waals surface area contributed by atoms with Crippen LogP contribution in [0.1, 0.15) is 37.2 Å². The van der Waals surface area contributed by atoms with Crippen molar-refractivity contribution in [3.05, 3.63) is 52.9 Å². The van der Waals surface area contributed by atoms with Crippen molar-refractivity contribution in [3.8, 4) is 5.88 Å². The highest BCUT2D eigenvalue weighted by Gasteiger charge is 2.42. The van der Waals surface area contributed by atoms with Gasteiger partial charge < -0.3 is 15.2 Å². The summed E-state index contributed by atoms with van der Waals surface area (Å²) in [5.41, 5.74) is 6.28. The first-order chi connectivity index (χ1) is 14.5. The number of hydrogen-bond donors (Lipinski definition) is 1. The van der Waals surface area contributed by atoms with Crippen molar-refractivity contribution in [3.63, 3.8) is 0 Å². The standard InChI is InChI=1S/C21H24ClFN4O3/c22-17-7-8-25-26-20(17)30-19-11-14(13-3-5-15(23)6-4-13)10-18(19)27-9-1-2-16(12-27)29-21(24)28/h3-8,14,16,18-19H,1-2,9-12H2,(H2,24,28)/t14?,16-,18?,19?/m1/s1. The van der Waals surface area contributed by atoms with Crippen molar-refractivity contribution in [2.75, 3.05) is 13.1 Å². The zero-order chi connectivity index (χ0) is 21.1. The lowest BCUT2D eigenvalue weighted by molar-refractivity contribution is 0.00698. The third-order valence-electron chi connectivity index (χ3n) is 5.88. The molecule has 2 N–H and O–H groups in total. The minimum atomic E-state index is -0.753. The maximum atomic E-state index is 13.4. The van der Waals surface area contributed by atoms with E-state index in [2.05, 4.69) is 15.1 Å². The van der Waals surface area contributed by atoms with E-state index in [9.17, 15) is 9.18 Å². The van der Waals surface area contributed by atoms with Gasteiger partial charge in [-0.2, -0.15) is 5.10 Å². The second kappa shape index (κ2) is 9.14. The molecule has 2 aliphatic rings. The smallest absolute Gasteiger partial charge is 0.404 e. The highest BCUT2D eigenvalue weighted by atomic mass is 35.5. The predicted octanol–water partition coefficient (Wildman–Crippen LogP) is 3.52. The first-order valence-corrected chi connectivity index (χ1v) is 10.5. The Hall–Kier alpha value is -2.45. The molecule has 1 amide bonds. The molecule has 2 fully saturated rings. The molecule has 9 heteroatoms. The molecule has 0 bridgehead atoms. The fourth-order valence-electron chi connectivity index (χ4n) is 4.55. The summed E-state index contributed by atoms with van der Waals surface area (Å²) in [6.45, 7) is 1.46. The maximum absolute atomic E-state index is 13.4. The van der Waals surface area contributed by atoms with Gasteiger partial charge in [-0.15, -0.1) is 5.10 Å². The van der Waals surface area contributed by atoms with Crippen molar-refractivity contribution in [1.82, 2.24) is 15.1 Å².